The highest BCUT2D eigenvalue weighted by atomic mass is 16.6. The number of carbonyl (C=O) groups excluding carboxylic acids is 3. The second-order valence-electron chi connectivity index (χ2n) is 11.7. The van der Waals surface area contributed by atoms with E-state index in [0.29, 0.717) is 32.2 Å². The molecule has 3 aliphatic rings. The molecule has 0 saturated carbocycles. The topological polar surface area (TPSA) is 96.4 Å². The Morgan fingerprint density at radius 3 is 2.56 bits per heavy atom. The lowest BCUT2D eigenvalue weighted by Gasteiger charge is -2.40. The number of ether oxygens (including phenoxy) is 2. The van der Waals surface area contributed by atoms with Crippen LogP contribution in [0.3, 0.4) is 0 Å². The number of rotatable bonds is 13. The predicted octanol–water partition coefficient (Wildman–Crippen LogP) is 3.49. The number of hydrogen-bond acceptors (Lipinski definition) is 6. The van der Waals surface area contributed by atoms with Gasteiger partial charge in [0.15, 0.2) is 0 Å². The van der Waals surface area contributed by atoms with Crippen molar-refractivity contribution in [3.63, 3.8) is 0 Å². The van der Waals surface area contributed by atoms with Crippen LogP contribution < -0.4 is 0 Å². The molecule has 0 aromatic heterocycles. The number of aliphatic hydroxyl groups excluding tert-OH is 1. The number of hydrogen-bond donors (Lipinski definition) is 1. The average Bonchev–Trinajstić information content (AvgIpc) is 3.48. The summed E-state index contributed by atoms with van der Waals surface area (Å²) in [5, 5.41) is 10.5. The van der Waals surface area contributed by atoms with E-state index in [0.717, 1.165) is 5.56 Å². The first-order valence-corrected chi connectivity index (χ1v) is 14.0. The summed E-state index contributed by atoms with van der Waals surface area (Å²) in [5.41, 5.74) is -1.14. The molecule has 2 bridgehead atoms. The van der Waals surface area contributed by atoms with Crippen molar-refractivity contribution in [3.8, 4) is 0 Å². The summed E-state index contributed by atoms with van der Waals surface area (Å²) in [5.74, 6) is -2.58. The van der Waals surface area contributed by atoms with E-state index >= 15 is 0 Å². The molecule has 0 radical (unpaired) electrons. The third kappa shape index (κ3) is 5.16. The highest BCUT2D eigenvalue weighted by Crippen LogP contribution is 2.63. The van der Waals surface area contributed by atoms with E-state index in [9.17, 15) is 19.5 Å². The third-order valence-electron chi connectivity index (χ3n) is 8.49. The molecular formula is C31H42N2O6. The van der Waals surface area contributed by atoms with E-state index in [1.807, 2.05) is 51.1 Å². The van der Waals surface area contributed by atoms with Gasteiger partial charge in [0.1, 0.15) is 17.6 Å². The molecule has 2 amide bonds. The van der Waals surface area contributed by atoms with E-state index in [1.165, 1.54) is 0 Å². The van der Waals surface area contributed by atoms with Gasteiger partial charge in [0.2, 0.25) is 11.8 Å². The van der Waals surface area contributed by atoms with Crippen molar-refractivity contribution in [2.75, 3.05) is 19.8 Å². The van der Waals surface area contributed by atoms with Crippen LogP contribution in [0.4, 0.5) is 0 Å². The van der Waals surface area contributed by atoms with Crippen LogP contribution in [0.1, 0.15) is 52.0 Å². The predicted molar refractivity (Wildman–Crippen MR) is 147 cm³/mol. The molecule has 1 aromatic rings. The van der Waals surface area contributed by atoms with Crippen LogP contribution in [-0.2, 0) is 30.4 Å². The van der Waals surface area contributed by atoms with E-state index in [-0.39, 0.29) is 37.5 Å². The summed E-state index contributed by atoms with van der Waals surface area (Å²) in [4.78, 5) is 45.5. The fourth-order valence-electron chi connectivity index (χ4n) is 6.91. The first-order chi connectivity index (χ1) is 18.6. The largest absolute Gasteiger partial charge is 0.465 e. The summed E-state index contributed by atoms with van der Waals surface area (Å²) in [7, 11) is 0. The first kappa shape index (κ1) is 29.0. The van der Waals surface area contributed by atoms with E-state index in [1.54, 1.807) is 22.0 Å². The lowest BCUT2D eigenvalue weighted by atomic mass is 9.66. The zero-order chi connectivity index (χ0) is 28.4. The molecule has 2 unspecified atom stereocenters. The van der Waals surface area contributed by atoms with Crippen molar-refractivity contribution in [2.45, 2.75) is 76.3 Å². The molecule has 3 fully saturated rings. The zero-order valence-electron chi connectivity index (χ0n) is 23.4. The van der Waals surface area contributed by atoms with Crippen molar-refractivity contribution in [3.05, 3.63) is 61.2 Å². The Hall–Kier alpha value is -2.97. The summed E-state index contributed by atoms with van der Waals surface area (Å²) in [6, 6.07) is 8.10. The van der Waals surface area contributed by atoms with Gasteiger partial charge in [0, 0.05) is 13.1 Å². The van der Waals surface area contributed by atoms with Crippen molar-refractivity contribution >= 4 is 17.8 Å². The Kier molecular flexibility index (Phi) is 8.66. The monoisotopic (exact) mass is 538 g/mol. The van der Waals surface area contributed by atoms with E-state index < -0.39 is 41.1 Å². The van der Waals surface area contributed by atoms with Gasteiger partial charge in [-0.1, -0.05) is 56.3 Å². The van der Waals surface area contributed by atoms with Gasteiger partial charge in [0.05, 0.1) is 30.8 Å². The van der Waals surface area contributed by atoms with Crippen LogP contribution in [0.5, 0.6) is 0 Å². The van der Waals surface area contributed by atoms with Crippen molar-refractivity contribution < 1.29 is 29.0 Å². The SMILES string of the molecule is C=CCCOC(=O)[C@H]1[C@H]2C(=O)N([C@@H](CO)CC(C)C)C(C(=O)N(CC=C)Cc3ccccc3)C23CC[C@]1(C)O3. The maximum atomic E-state index is 14.5. The standard InChI is InChI=1S/C31H42N2O6/c1-6-8-17-38-29(37)25-24-27(35)33(23(20-34)18-21(3)4)26(31(24)15-14-30(25,5)39-31)28(36)32(16-7-2)19-22-12-10-9-11-13-22/h6-7,9-13,21,23-26,34H,1-2,8,14-20H2,3-5H3/t23-,24+,25-,26?,30+,31?/m1/s1. The summed E-state index contributed by atoms with van der Waals surface area (Å²) >= 11 is 0. The van der Waals surface area contributed by atoms with Crippen LogP contribution in [0.25, 0.3) is 0 Å². The van der Waals surface area contributed by atoms with Gasteiger partial charge >= 0.3 is 5.97 Å². The first-order valence-electron chi connectivity index (χ1n) is 14.0. The minimum atomic E-state index is -1.18. The van der Waals surface area contributed by atoms with Crippen molar-refractivity contribution in [1.29, 1.82) is 0 Å². The molecule has 1 N–H and O–H groups in total. The lowest BCUT2D eigenvalue weighted by molar-refractivity contribution is -0.162. The summed E-state index contributed by atoms with van der Waals surface area (Å²) in [6.07, 6.45) is 5.36. The van der Waals surface area contributed by atoms with Gasteiger partial charge in [-0.15, -0.1) is 13.2 Å². The molecule has 3 aliphatic heterocycles. The van der Waals surface area contributed by atoms with Crippen LogP contribution in [0.2, 0.25) is 0 Å². The molecule has 1 spiro atoms. The smallest absolute Gasteiger partial charge is 0.312 e. The highest BCUT2D eigenvalue weighted by Gasteiger charge is 2.79. The summed E-state index contributed by atoms with van der Waals surface area (Å²) < 4.78 is 12.3. The molecule has 39 heavy (non-hydrogen) atoms. The number of fused-ring (bicyclic) bond motifs is 1. The number of esters is 1. The number of amides is 2. The van der Waals surface area contributed by atoms with Crippen LogP contribution in [0.15, 0.2) is 55.6 Å². The summed E-state index contributed by atoms with van der Waals surface area (Å²) in [6.45, 7) is 13.9. The molecule has 8 nitrogen and oxygen atoms in total. The molecule has 0 aliphatic carbocycles. The van der Waals surface area contributed by atoms with Gasteiger partial charge in [-0.3, -0.25) is 14.4 Å². The van der Waals surface area contributed by atoms with Crippen LogP contribution in [0, 0.1) is 17.8 Å². The Morgan fingerprint density at radius 2 is 1.95 bits per heavy atom. The second kappa shape index (κ2) is 11.6. The Labute approximate surface area is 231 Å². The molecule has 4 rings (SSSR count). The maximum absolute atomic E-state index is 14.5. The Bertz CT molecular complexity index is 1090. The number of carbonyl (C=O) groups is 3. The van der Waals surface area contributed by atoms with Gasteiger partial charge in [-0.25, -0.2) is 0 Å². The molecule has 3 saturated heterocycles. The Balaban J connectivity index is 1.77. The fraction of sp³-hybridized carbons (Fsp3) is 0.581. The highest BCUT2D eigenvalue weighted by molar-refractivity contribution is 5.98. The molecular weight excluding hydrogens is 496 g/mol. The number of aliphatic hydroxyl groups is 1. The van der Waals surface area contributed by atoms with Crippen LogP contribution >= 0.6 is 0 Å². The molecule has 8 heteroatoms. The van der Waals surface area contributed by atoms with Crippen molar-refractivity contribution in [2.24, 2.45) is 17.8 Å². The van der Waals surface area contributed by atoms with Gasteiger partial charge in [-0.05, 0) is 44.1 Å². The maximum Gasteiger partial charge on any atom is 0.312 e. The second-order valence-corrected chi connectivity index (χ2v) is 11.7. The number of likely N-dealkylation sites (tertiary alicyclic amines) is 1. The zero-order valence-corrected chi connectivity index (χ0v) is 23.4. The lowest BCUT2D eigenvalue weighted by Crippen LogP contribution is -2.58. The van der Waals surface area contributed by atoms with Gasteiger partial charge < -0.3 is 24.4 Å². The van der Waals surface area contributed by atoms with E-state index in [4.69, 9.17) is 9.47 Å². The fourth-order valence-corrected chi connectivity index (χ4v) is 6.91. The quantitative estimate of drug-likeness (QED) is 0.235. The van der Waals surface area contributed by atoms with Gasteiger partial charge in [-0.2, -0.15) is 0 Å². The third-order valence-corrected chi connectivity index (χ3v) is 8.49. The van der Waals surface area contributed by atoms with Crippen molar-refractivity contribution in [1.82, 2.24) is 9.80 Å². The number of nitrogens with zero attached hydrogens (tertiary/aromatic N) is 2. The van der Waals surface area contributed by atoms with Gasteiger partial charge in [0.25, 0.3) is 0 Å². The molecule has 6 atom stereocenters. The Morgan fingerprint density at radius 1 is 1.23 bits per heavy atom. The molecule has 212 valence electrons. The molecule has 3 heterocycles. The minimum Gasteiger partial charge on any atom is -0.465 e. The minimum absolute atomic E-state index is 0.172. The average molecular weight is 539 g/mol. The number of benzene rings is 1. The normalized spacial score (nSPS) is 29.8. The van der Waals surface area contributed by atoms with Crippen LogP contribution in [-0.4, -0.2) is 75.7 Å². The molecule has 1 aromatic carbocycles. The van der Waals surface area contributed by atoms with E-state index in [2.05, 4.69) is 13.2 Å².